The van der Waals surface area contributed by atoms with E-state index < -0.39 is 5.97 Å². The molecule has 0 atom stereocenters. The third-order valence-electron chi connectivity index (χ3n) is 4.80. The molecular formula is C22H24N2O2. The Hall–Kier alpha value is -2.72. The highest BCUT2D eigenvalue weighted by Gasteiger charge is 2.21. The van der Waals surface area contributed by atoms with Crippen LogP contribution in [0.2, 0.25) is 0 Å². The van der Waals surface area contributed by atoms with Gasteiger partial charge >= 0.3 is 5.97 Å². The number of aromatic nitrogens is 1. The number of hydrogen-bond donors (Lipinski definition) is 1. The highest BCUT2D eigenvalue weighted by Crippen LogP contribution is 2.33. The molecule has 0 aliphatic heterocycles. The highest BCUT2D eigenvalue weighted by atomic mass is 16.4. The zero-order chi connectivity index (χ0) is 18.7. The molecule has 0 amide bonds. The molecule has 2 aromatic carbocycles. The second kappa shape index (κ2) is 7.67. The van der Waals surface area contributed by atoms with E-state index in [0.29, 0.717) is 6.54 Å². The van der Waals surface area contributed by atoms with E-state index in [1.54, 1.807) is 0 Å². The predicted octanol–water partition coefficient (Wildman–Crippen LogP) is 4.61. The lowest BCUT2D eigenvalue weighted by atomic mass is 9.93. The fourth-order valence-corrected chi connectivity index (χ4v) is 3.21. The molecule has 4 heteroatoms. The van der Waals surface area contributed by atoms with Crippen molar-refractivity contribution in [3.05, 3.63) is 65.4 Å². The fraction of sp³-hybridized carbons (Fsp3) is 0.273. The number of benzene rings is 2. The maximum Gasteiger partial charge on any atom is 0.355 e. The molecule has 3 aromatic rings. The summed E-state index contributed by atoms with van der Waals surface area (Å²) in [6.45, 7) is 5.78. The summed E-state index contributed by atoms with van der Waals surface area (Å²) in [5, 5.41) is 10.9. The van der Waals surface area contributed by atoms with Gasteiger partial charge in [0.2, 0.25) is 0 Å². The van der Waals surface area contributed by atoms with Crippen molar-refractivity contribution in [1.82, 2.24) is 9.88 Å². The Bertz CT molecular complexity index is 936. The maximum atomic E-state index is 12.0. The number of aryl methyl sites for hydroxylation is 1. The first-order valence-corrected chi connectivity index (χ1v) is 8.97. The second-order valence-electron chi connectivity index (χ2n) is 6.52. The van der Waals surface area contributed by atoms with Crippen molar-refractivity contribution < 1.29 is 9.90 Å². The molecule has 134 valence electrons. The average Bonchev–Trinajstić information content (AvgIpc) is 2.67. The van der Waals surface area contributed by atoms with Gasteiger partial charge in [0, 0.05) is 17.5 Å². The molecule has 0 saturated heterocycles. The summed E-state index contributed by atoms with van der Waals surface area (Å²) in [5.41, 5.74) is 4.71. The van der Waals surface area contributed by atoms with Crippen molar-refractivity contribution >= 4 is 16.9 Å². The Morgan fingerprint density at radius 3 is 2.46 bits per heavy atom. The van der Waals surface area contributed by atoms with Gasteiger partial charge in [0.25, 0.3) is 0 Å². The van der Waals surface area contributed by atoms with Crippen LogP contribution in [0.4, 0.5) is 0 Å². The quantitative estimate of drug-likeness (QED) is 0.706. The first kappa shape index (κ1) is 18.1. The summed E-state index contributed by atoms with van der Waals surface area (Å²) in [4.78, 5) is 18.7. The number of carboxylic acid groups (broad SMARTS) is 1. The van der Waals surface area contributed by atoms with Crippen molar-refractivity contribution in [3.63, 3.8) is 0 Å². The number of aromatic carboxylic acids is 1. The summed E-state index contributed by atoms with van der Waals surface area (Å²) >= 11 is 0. The number of rotatable bonds is 6. The van der Waals surface area contributed by atoms with Crippen molar-refractivity contribution in [3.8, 4) is 11.1 Å². The monoisotopic (exact) mass is 348 g/mol. The zero-order valence-corrected chi connectivity index (χ0v) is 15.5. The minimum absolute atomic E-state index is 0.118. The summed E-state index contributed by atoms with van der Waals surface area (Å²) in [6, 6.07) is 15.8. The van der Waals surface area contributed by atoms with Gasteiger partial charge in [-0.3, -0.25) is 0 Å². The van der Waals surface area contributed by atoms with E-state index in [2.05, 4.69) is 29.8 Å². The van der Waals surface area contributed by atoms with Gasteiger partial charge in [0.15, 0.2) is 5.69 Å². The van der Waals surface area contributed by atoms with E-state index in [1.807, 2.05) is 49.5 Å². The summed E-state index contributed by atoms with van der Waals surface area (Å²) in [6.07, 6.45) is 0.931. The summed E-state index contributed by atoms with van der Waals surface area (Å²) in [5.74, 6) is -0.995. The third-order valence-corrected chi connectivity index (χ3v) is 4.80. The van der Waals surface area contributed by atoms with Crippen LogP contribution < -0.4 is 0 Å². The zero-order valence-electron chi connectivity index (χ0n) is 15.5. The van der Waals surface area contributed by atoms with Crippen LogP contribution in [0.15, 0.2) is 48.5 Å². The number of carbonyl (C=O) groups is 1. The van der Waals surface area contributed by atoms with Gasteiger partial charge in [0.05, 0.1) is 5.52 Å². The Kier molecular flexibility index (Phi) is 5.33. The lowest BCUT2D eigenvalue weighted by molar-refractivity contribution is 0.0691. The molecule has 0 fully saturated rings. The van der Waals surface area contributed by atoms with Crippen molar-refractivity contribution in [1.29, 1.82) is 0 Å². The van der Waals surface area contributed by atoms with Gasteiger partial charge in [-0.25, -0.2) is 9.78 Å². The molecule has 1 N–H and O–H groups in total. The van der Waals surface area contributed by atoms with Gasteiger partial charge < -0.3 is 10.0 Å². The van der Waals surface area contributed by atoms with E-state index in [-0.39, 0.29) is 5.69 Å². The molecular weight excluding hydrogens is 324 g/mol. The summed E-state index contributed by atoms with van der Waals surface area (Å²) < 4.78 is 0. The summed E-state index contributed by atoms with van der Waals surface area (Å²) in [7, 11) is 2.05. The van der Waals surface area contributed by atoms with Crippen LogP contribution in [-0.4, -0.2) is 34.6 Å². The molecule has 0 aliphatic carbocycles. The molecule has 0 bridgehead atoms. The molecule has 0 aliphatic rings. The Morgan fingerprint density at radius 2 is 1.85 bits per heavy atom. The van der Waals surface area contributed by atoms with E-state index in [0.717, 1.165) is 40.6 Å². The van der Waals surface area contributed by atoms with Crippen molar-refractivity contribution in [2.75, 3.05) is 13.6 Å². The van der Waals surface area contributed by atoms with Gasteiger partial charge in [0.1, 0.15) is 0 Å². The van der Waals surface area contributed by atoms with E-state index >= 15 is 0 Å². The van der Waals surface area contributed by atoms with E-state index in [9.17, 15) is 9.90 Å². The van der Waals surface area contributed by atoms with Crippen LogP contribution in [0.25, 0.3) is 22.0 Å². The lowest BCUT2D eigenvalue weighted by Gasteiger charge is -2.21. The number of hydrogen-bond acceptors (Lipinski definition) is 3. The first-order valence-electron chi connectivity index (χ1n) is 8.97. The van der Waals surface area contributed by atoms with Gasteiger partial charge in [-0.1, -0.05) is 50.2 Å². The van der Waals surface area contributed by atoms with Gasteiger partial charge in [-0.05, 0) is 48.8 Å². The Morgan fingerprint density at radius 1 is 1.12 bits per heavy atom. The normalized spacial score (nSPS) is 11.2. The molecule has 0 saturated carbocycles. The molecule has 3 rings (SSSR count). The number of carboxylic acids is 1. The van der Waals surface area contributed by atoms with Crippen LogP contribution in [0.3, 0.4) is 0 Å². The molecule has 1 heterocycles. The molecule has 0 unspecified atom stereocenters. The highest BCUT2D eigenvalue weighted by molar-refractivity contribution is 6.01. The second-order valence-corrected chi connectivity index (χ2v) is 6.52. The van der Waals surface area contributed by atoms with Crippen LogP contribution in [0.5, 0.6) is 0 Å². The standard InChI is InChI=1S/C22H24N2O2/c1-4-15-11-12-19-17(13-15)18(14-24(3)5-2)20(21(23-19)22(25)26)16-9-7-6-8-10-16/h6-13H,4-5,14H2,1-3H3,(H,25,26). The number of nitrogens with zero attached hydrogens (tertiary/aromatic N) is 2. The molecule has 1 aromatic heterocycles. The third kappa shape index (κ3) is 3.46. The molecule has 26 heavy (non-hydrogen) atoms. The van der Waals surface area contributed by atoms with Crippen LogP contribution >= 0.6 is 0 Å². The number of pyridine rings is 1. The fourth-order valence-electron chi connectivity index (χ4n) is 3.21. The average molecular weight is 348 g/mol. The predicted molar refractivity (Wildman–Crippen MR) is 106 cm³/mol. The molecule has 0 spiro atoms. The van der Waals surface area contributed by atoms with Crippen LogP contribution in [-0.2, 0) is 13.0 Å². The van der Waals surface area contributed by atoms with Crippen molar-refractivity contribution in [2.24, 2.45) is 0 Å². The molecule has 4 nitrogen and oxygen atoms in total. The van der Waals surface area contributed by atoms with Gasteiger partial charge in [-0.15, -0.1) is 0 Å². The number of fused-ring (bicyclic) bond motifs is 1. The topological polar surface area (TPSA) is 53.4 Å². The van der Waals surface area contributed by atoms with E-state index in [1.165, 1.54) is 5.56 Å². The lowest BCUT2D eigenvalue weighted by Crippen LogP contribution is -2.19. The van der Waals surface area contributed by atoms with Crippen molar-refractivity contribution in [2.45, 2.75) is 26.8 Å². The maximum absolute atomic E-state index is 12.0. The largest absolute Gasteiger partial charge is 0.476 e. The molecule has 0 radical (unpaired) electrons. The minimum atomic E-state index is -0.995. The Balaban J connectivity index is 2.40. The van der Waals surface area contributed by atoms with Crippen LogP contribution in [0, 0.1) is 0 Å². The minimum Gasteiger partial charge on any atom is -0.476 e. The van der Waals surface area contributed by atoms with Crippen LogP contribution in [0.1, 0.15) is 35.5 Å². The van der Waals surface area contributed by atoms with Gasteiger partial charge in [-0.2, -0.15) is 0 Å². The first-order chi connectivity index (χ1) is 12.5. The Labute approximate surface area is 154 Å². The van der Waals surface area contributed by atoms with E-state index in [4.69, 9.17) is 0 Å². The SMILES string of the molecule is CCc1ccc2nc(C(=O)O)c(-c3ccccc3)c(CN(C)CC)c2c1. The smallest absolute Gasteiger partial charge is 0.355 e.